The van der Waals surface area contributed by atoms with Crippen molar-refractivity contribution in [3.05, 3.63) is 51.7 Å². The quantitative estimate of drug-likeness (QED) is 0.939. The van der Waals surface area contributed by atoms with Gasteiger partial charge < -0.3 is 5.32 Å². The minimum Gasteiger partial charge on any atom is -0.316 e. The summed E-state index contributed by atoms with van der Waals surface area (Å²) in [6.07, 6.45) is 0.808. The first-order chi connectivity index (χ1) is 10.1. The molecule has 6 heteroatoms. The van der Waals surface area contributed by atoms with E-state index in [9.17, 15) is 8.42 Å². The van der Waals surface area contributed by atoms with Gasteiger partial charge in [0.2, 0.25) is 10.0 Å². The first kappa shape index (κ1) is 14.7. The zero-order valence-electron chi connectivity index (χ0n) is 11.9. The number of thiophene rings is 1. The molecule has 2 heterocycles. The van der Waals surface area contributed by atoms with E-state index in [0.717, 1.165) is 17.5 Å². The fraction of sp³-hybridized carbons (Fsp3) is 0.333. The van der Waals surface area contributed by atoms with E-state index < -0.39 is 10.0 Å². The van der Waals surface area contributed by atoms with Crippen molar-refractivity contribution < 1.29 is 8.42 Å². The summed E-state index contributed by atoms with van der Waals surface area (Å²) in [5, 5.41) is 5.08. The van der Waals surface area contributed by atoms with Crippen molar-refractivity contribution in [1.82, 2.24) is 9.62 Å². The molecule has 0 radical (unpaired) electrons. The largest absolute Gasteiger partial charge is 0.316 e. The monoisotopic (exact) mass is 322 g/mol. The Morgan fingerprint density at radius 2 is 2.19 bits per heavy atom. The lowest BCUT2D eigenvalue weighted by atomic mass is 10.1. The van der Waals surface area contributed by atoms with Gasteiger partial charge in [0.25, 0.3) is 0 Å². The van der Waals surface area contributed by atoms with Crippen molar-refractivity contribution in [3.63, 3.8) is 0 Å². The Kier molecular flexibility index (Phi) is 4.12. The van der Waals surface area contributed by atoms with Gasteiger partial charge in [-0.15, -0.1) is 11.3 Å². The van der Waals surface area contributed by atoms with Crippen LogP contribution < -0.4 is 5.32 Å². The summed E-state index contributed by atoms with van der Waals surface area (Å²) in [5.41, 5.74) is 2.12. The highest BCUT2D eigenvalue weighted by molar-refractivity contribution is 7.89. The molecule has 1 aliphatic heterocycles. The molecule has 4 nitrogen and oxygen atoms in total. The van der Waals surface area contributed by atoms with E-state index in [4.69, 9.17) is 0 Å². The highest BCUT2D eigenvalue weighted by Crippen LogP contribution is 2.28. The Hall–Kier alpha value is -1.21. The Labute approximate surface area is 129 Å². The Morgan fingerprint density at radius 1 is 1.33 bits per heavy atom. The number of hydrogen-bond donors (Lipinski definition) is 1. The van der Waals surface area contributed by atoms with E-state index in [0.29, 0.717) is 24.5 Å². The van der Waals surface area contributed by atoms with E-state index in [2.05, 4.69) is 5.32 Å². The van der Waals surface area contributed by atoms with Crippen molar-refractivity contribution in [3.8, 4) is 0 Å². The molecule has 0 spiro atoms. The molecule has 0 unspecified atom stereocenters. The Bertz CT molecular complexity index is 738. The van der Waals surface area contributed by atoms with Gasteiger partial charge in [-0.05, 0) is 48.2 Å². The number of benzene rings is 1. The zero-order valence-corrected chi connectivity index (χ0v) is 13.5. The molecule has 0 saturated heterocycles. The van der Waals surface area contributed by atoms with E-state index in [1.165, 1.54) is 4.88 Å². The van der Waals surface area contributed by atoms with Crippen LogP contribution in [-0.2, 0) is 29.5 Å². The van der Waals surface area contributed by atoms with Gasteiger partial charge in [0.1, 0.15) is 0 Å². The van der Waals surface area contributed by atoms with Gasteiger partial charge >= 0.3 is 0 Å². The van der Waals surface area contributed by atoms with Crippen LogP contribution in [-0.4, -0.2) is 26.3 Å². The second kappa shape index (κ2) is 5.88. The number of fused-ring (bicyclic) bond motifs is 1. The van der Waals surface area contributed by atoms with Gasteiger partial charge in [-0.2, -0.15) is 4.31 Å². The molecule has 0 atom stereocenters. The molecule has 0 amide bonds. The standard InChI is InChI=1S/C15H18N2O2S2/c1-16-10-12-3-2-4-14(9-12)21(18,19)17-7-5-15-13(11-17)6-8-20-15/h2-4,6,8-9,16H,5,7,10-11H2,1H3. The topological polar surface area (TPSA) is 49.4 Å². The molecule has 3 rings (SSSR count). The molecule has 21 heavy (non-hydrogen) atoms. The molecule has 2 aromatic rings. The van der Waals surface area contributed by atoms with E-state index in [-0.39, 0.29) is 0 Å². The van der Waals surface area contributed by atoms with Crippen LogP contribution in [0.1, 0.15) is 16.0 Å². The van der Waals surface area contributed by atoms with E-state index in [1.807, 2.05) is 24.6 Å². The van der Waals surface area contributed by atoms with Gasteiger partial charge in [-0.25, -0.2) is 8.42 Å². The first-order valence-electron chi connectivity index (χ1n) is 6.90. The number of nitrogens with one attached hydrogen (secondary N) is 1. The SMILES string of the molecule is CNCc1cccc(S(=O)(=O)N2CCc3sccc3C2)c1. The predicted octanol–water partition coefficient (Wildman–Crippen LogP) is 2.21. The van der Waals surface area contributed by atoms with Crippen molar-refractivity contribution in [1.29, 1.82) is 0 Å². The average Bonchev–Trinajstić information content (AvgIpc) is 2.95. The lowest BCUT2D eigenvalue weighted by molar-refractivity contribution is 0.394. The smallest absolute Gasteiger partial charge is 0.243 e. The minimum absolute atomic E-state index is 0.383. The number of rotatable bonds is 4. The summed E-state index contributed by atoms with van der Waals surface area (Å²) in [6.45, 7) is 1.71. The van der Waals surface area contributed by atoms with Crippen LogP contribution in [0.4, 0.5) is 0 Å². The second-order valence-corrected chi connectivity index (χ2v) is 8.07. The lowest BCUT2D eigenvalue weighted by Crippen LogP contribution is -2.35. The Morgan fingerprint density at radius 3 is 3.00 bits per heavy atom. The van der Waals surface area contributed by atoms with Crippen LogP contribution in [0.25, 0.3) is 0 Å². The third kappa shape index (κ3) is 2.89. The molecule has 1 N–H and O–H groups in total. The molecule has 1 aliphatic rings. The van der Waals surface area contributed by atoms with Crippen molar-refractivity contribution in [2.45, 2.75) is 24.4 Å². The molecule has 0 fully saturated rings. The summed E-state index contributed by atoms with van der Waals surface area (Å²) in [5.74, 6) is 0. The molecular weight excluding hydrogens is 304 g/mol. The maximum absolute atomic E-state index is 12.8. The summed E-state index contributed by atoms with van der Waals surface area (Å²) in [4.78, 5) is 1.69. The molecule has 0 bridgehead atoms. The molecule has 1 aromatic heterocycles. The van der Waals surface area contributed by atoms with Crippen molar-refractivity contribution in [2.24, 2.45) is 0 Å². The highest BCUT2D eigenvalue weighted by atomic mass is 32.2. The number of nitrogens with zero attached hydrogens (tertiary/aromatic N) is 1. The minimum atomic E-state index is -3.41. The fourth-order valence-electron chi connectivity index (χ4n) is 2.60. The Balaban J connectivity index is 1.89. The van der Waals surface area contributed by atoms with Gasteiger partial charge in [-0.1, -0.05) is 12.1 Å². The van der Waals surface area contributed by atoms with Gasteiger partial charge in [0.15, 0.2) is 0 Å². The first-order valence-corrected chi connectivity index (χ1v) is 9.22. The summed E-state index contributed by atoms with van der Waals surface area (Å²) < 4.78 is 27.2. The van der Waals surface area contributed by atoms with E-state index in [1.54, 1.807) is 33.8 Å². The third-order valence-electron chi connectivity index (χ3n) is 3.69. The predicted molar refractivity (Wildman–Crippen MR) is 84.8 cm³/mol. The van der Waals surface area contributed by atoms with Crippen LogP contribution in [0.5, 0.6) is 0 Å². The molecule has 0 saturated carbocycles. The third-order valence-corrected chi connectivity index (χ3v) is 6.55. The van der Waals surface area contributed by atoms with Crippen LogP contribution in [0.3, 0.4) is 0 Å². The summed E-state index contributed by atoms with van der Waals surface area (Å²) >= 11 is 1.71. The molecular formula is C15H18N2O2S2. The molecule has 0 aliphatic carbocycles. The fourth-order valence-corrected chi connectivity index (χ4v) is 4.98. The van der Waals surface area contributed by atoms with E-state index >= 15 is 0 Å². The van der Waals surface area contributed by atoms with Gasteiger partial charge in [0.05, 0.1) is 4.90 Å². The number of sulfonamides is 1. The van der Waals surface area contributed by atoms with Crippen LogP contribution >= 0.6 is 11.3 Å². The van der Waals surface area contributed by atoms with Crippen LogP contribution in [0.2, 0.25) is 0 Å². The van der Waals surface area contributed by atoms with Gasteiger partial charge in [-0.3, -0.25) is 0 Å². The molecule has 112 valence electrons. The summed E-state index contributed by atoms with van der Waals surface area (Å²) in [7, 11) is -1.56. The van der Waals surface area contributed by atoms with Crippen LogP contribution in [0.15, 0.2) is 40.6 Å². The number of hydrogen-bond acceptors (Lipinski definition) is 4. The zero-order chi connectivity index (χ0) is 14.9. The van der Waals surface area contributed by atoms with Gasteiger partial charge in [0, 0.05) is 24.5 Å². The highest BCUT2D eigenvalue weighted by Gasteiger charge is 2.28. The maximum Gasteiger partial charge on any atom is 0.243 e. The molecule has 1 aromatic carbocycles. The second-order valence-electron chi connectivity index (χ2n) is 5.14. The van der Waals surface area contributed by atoms with Crippen molar-refractivity contribution >= 4 is 21.4 Å². The van der Waals surface area contributed by atoms with Crippen molar-refractivity contribution in [2.75, 3.05) is 13.6 Å². The average molecular weight is 322 g/mol. The summed E-state index contributed by atoms with van der Waals surface area (Å²) in [6, 6.07) is 9.20. The normalized spacial score (nSPS) is 15.9. The lowest BCUT2D eigenvalue weighted by Gasteiger charge is -2.26. The van der Waals surface area contributed by atoms with Crippen LogP contribution in [0, 0.1) is 0 Å². The maximum atomic E-state index is 12.8.